The number of aromatic nitrogens is 1. The standard InChI is InChI=1S/C28H33N/c1-19-7-9-25(10-8-20(19)2)11-13-27-21(3)23(5)28(24(6)22(27)4)14-12-26-15-17-29-18-16-26/h7,9-20H,8H2,1-6H3. The van der Waals surface area contributed by atoms with Gasteiger partial charge in [0.1, 0.15) is 0 Å². The molecule has 2 unspecified atom stereocenters. The maximum absolute atomic E-state index is 4.10. The van der Waals surface area contributed by atoms with Crippen molar-refractivity contribution in [2.45, 2.75) is 48.0 Å². The third kappa shape index (κ3) is 4.85. The SMILES string of the molecule is Cc1c(C)c(C=Cc2ccncc2)c(C)c(C)c1C=CC1=CCC(C)C(C)C=C1. The topological polar surface area (TPSA) is 12.9 Å². The highest BCUT2D eigenvalue weighted by molar-refractivity contribution is 5.77. The summed E-state index contributed by atoms with van der Waals surface area (Å²) in [6, 6.07) is 4.07. The summed E-state index contributed by atoms with van der Waals surface area (Å²) >= 11 is 0. The Labute approximate surface area is 176 Å². The van der Waals surface area contributed by atoms with E-state index in [-0.39, 0.29) is 0 Å². The van der Waals surface area contributed by atoms with Crippen LogP contribution in [-0.4, -0.2) is 4.98 Å². The fourth-order valence-electron chi connectivity index (χ4n) is 3.89. The lowest BCUT2D eigenvalue weighted by Crippen LogP contribution is -2.01. The summed E-state index contributed by atoms with van der Waals surface area (Å²) in [4.78, 5) is 4.10. The fraction of sp³-hybridized carbons (Fsp3) is 0.321. The Bertz CT molecular complexity index is 958. The molecule has 0 radical (unpaired) electrons. The van der Waals surface area contributed by atoms with Crippen molar-refractivity contribution in [1.82, 2.24) is 4.98 Å². The number of benzene rings is 1. The van der Waals surface area contributed by atoms with Gasteiger partial charge in [0.15, 0.2) is 0 Å². The van der Waals surface area contributed by atoms with Crippen molar-refractivity contribution in [3.8, 4) is 0 Å². The van der Waals surface area contributed by atoms with Gasteiger partial charge in [0.05, 0.1) is 0 Å². The Morgan fingerprint density at radius 2 is 1.34 bits per heavy atom. The molecule has 1 aliphatic carbocycles. The number of nitrogens with zero attached hydrogens (tertiary/aromatic N) is 1. The Balaban J connectivity index is 1.93. The first-order valence-corrected chi connectivity index (χ1v) is 10.6. The van der Waals surface area contributed by atoms with Crippen LogP contribution in [0, 0.1) is 39.5 Å². The summed E-state index contributed by atoms with van der Waals surface area (Å²) in [6.07, 6.45) is 20.8. The molecule has 2 aromatic rings. The summed E-state index contributed by atoms with van der Waals surface area (Å²) in [5.41, 5.74) is 10.6. The van der Waals surface area contributed by atoms with Gasteiger partial charge in [-0.15, -0.1) is 0 Å². The lowest BCUT2D eigenvalue weighted by atomic mass is 9.88. The lowest BCUT2D eigenvalue weighted by Gasteiger charge is -2.17. The summed E-state index contributed by atoms with van der Waals surface area (Å²) in [5, 5.41) is 0. The van der Waals surface area contributed by atoms with Gasteiger partial charge in [-0.1, -0.05) is 56.4 Å². The van der Waals surface area contributed by atoms with Gasteiger partial charge in [0.2, 0.25) is 0 Å². The largest absolute Gasteiger partial charge is 0.265 e. The smallest absolute Gasteiger partial charge is 0.0273 e. The van der Waals surface area contributed by atoms with E-state index in [2.05, 4.69) is 89.1 Å². The van der Waals surface area contributed by atoms with Crippen molar-refractivity contribution in [1.29, 1.82) is 0 Å². The number of allylic oxidation sites excluding steroid dienone is 5. The normalized spacial score (nSPS) is 19.7. The minimum absolute atomic E-state index is 0.636. The minimum atomic E-state index is 0.636. The first-order valence-electron chi connectivity index (χ1n) is 10.6. The first-order chi connectivity index (χ1) is 13.9. The van der Waals surface area contributed by atoms with E-state index < -0.39 is 0 Å². The zero-order chi connectivity index (χ0) is 21.0. The molecule has 0 amide bonds. The van der Waals surface area contributed by atoms with Crippen LogP contribution in [0.2, 0.25) is 0 Å². The van der Waals surface area contributed by atoms with E-state index in [9.17, 15) is 0 Å². The molecule has 0 bridgehead atoms. The fourth-order valence-corrected chi connectivity index (χ4v) is 3.89. The predicted molar refractivity (Wildman–Crippen MR) is 128 cm³/mol. The molecule has 1 heteroatoms. The molecule has 150 valence electrons. The Kier molecular flexibility index (Phi) is 6.69. The summed E-state index contributed by atoms with van der Waals surface area (Å²) in [6.45, 7) is 13.6. The average Bonchev–Trinajstić information content (AvgIpc) is 2.89. The van der Waals surface area contributed by atoms with Gasteiger partial charge in [-0.25, -0.2) is 0 Å². The van der Waals surface area contributed by atoms with Crippen molar-refractivity contribution in [3.63, 3.8) is 0 Å². The van der Waals surface area contributed by atoms with Crippen LogP contribution in [0.1, 0.15) is 59.2 Å². The molecule has 1 aromatic heterocycles. The maximum Gasteiger partial charge on any atom is 0.0273 e. The summed E-state index contributed by atoms with van der Waals surface area (Å²) in [5.74, 6) is 1.34. The van der Waals surface area contributed by atoms with Gasteiger partial charge in [0, 0.05) is 12.4 Å². The van der Waals surface area contributed by atoms with E-state index in [1.54, 1.807) is 0 Å². The molecule has 0 saturated carbocycles. The van der Waals surface area contributed by atoms with Crippen molar-refractivity contribution in [2.75, 3.05) is 0 Å². The van der Waals surface area contributed by atoms with Crippen LogP contribution < -0.4 is 0 Å². The molecule has 1 aliphatic rings. The molecule has 2 atom stereocenters. The van der Waals surface area contributed by atoms with Crippen LogP contribution in [0.3, 0.4) is 0 Å². The number of hydrogen-bond acceptors (Lipinski definition) is 1. The van der Waals surface area contributed by atoms with Crippen molar-refractivity contribution >= 4 is 18.2 Å². The zero-order valence-corrected chi connectivity index (χ0v) is 18.7. The Hall–Kier alpha value is -2.67. The van der Waals surface area contributed by atoms with E-state index >= 15 is 0 Å². The second kappa shape index (κ2) is 9.22. The first kappa shape index (κ1) is 21.0. The minimum Gasteiger partial charge on any atom is -0.265 e. The third-order valence-electron chi connectivity index (χ3n) is 6.55. The van der Waals surface area contributed by atoms with Crippen molar-refractivity contribution in [2.24, 2.45) is 11.8 Å². The number of hydrogen-bond donors (Lipinski definition) is 0. The van der Waals surface area contributed by atoms with Crippen LogP contribution in [-0.2, 0) is 0 Å². The maximum atomic E-state index is 4.10. The molecule has 1 heterocycles. The van der Waals surface area contributed by atoms with Gasteiger partial charge in [-0.2, -0.15) is 0 Å². The van der Waals surface area contributed by atoms with E-state index in [0.29, 0.717) is 11.8 Å². The van der Waals surface area contributed by atoms with E-state index in [4.69, 9.17) is 0 Å². The molecule has 0 N–H and O–H groups in total. The van der Waals surface area contributed by atoms with Gasteiger partial charge < -0.3 is 0 Å². The molecule has 1 aromatic carbocycles. The highest BCUT2D eigenvalue weighted by Gasteiger charge is 2.13. The molecule has 3 rings (SSSR count). The van der Waals surface area contributed by atoms with Crippen molar-refractivity contribution < 1.29 is 0 Å². The van der Waals surface area contributed by atoms with Crippen LogP contribution in [0.4, 0.5) is 0 Å². The van der Waals surface area contributed by atoms with E-state index in [1.807, 2.05) is 24.5 Å². The molecule has 0 spiro atoms. The highest BCUT2D eigenvalue weighted by Crippen LogP contribution is 2.30. The monoisotopic (exact) mass is 383 g/mol. The van der Waals surface area contributed by atoms with Crippen LogP contribution >= 0.6 is 0 Å². The molecular weight excluding hydrogens is 350 g/mol. The number of pyridine rings is 1. The van der Waals surface area contributed by atoms with Crippen LogP contribution in [0.15, 0.2) is 54.4 Å². The highest BCUT2D eigenvalue weighted by atomic mass is 14.6. The molecule has 0 saturated heterocycles. The van der Waals surface area contributed by atoms with Crippen LogP contribution in [0.5, 0.6) is 0 Å². The van der Waals surface area contributed by atoms with Crippen molar-refractivity contribution in [3.05, 3.63) is 93.3 Å². The van der Waals surface area contributed by atoms with Gasteiger partial charge in [-0.05, 0) is 103 Å². The quantitative estimate of drug-likeness (QED) is 0.528. The summed E-state index contributed by atoms with van der Waals surface area (Å²) < 4.78 is 0. The lowest BCUT2D eigenvalue weighted by molar-refractivity contribution is 0.468. The zero-order valence-electron chi connectivity index (χ0n) is 18.7. The number of rotatable bonds is 4. The van der Waals surface area contributed by atoms with Crippen LogP contribution in [0.25, 0.3) is 18.2 Å². The van der Waals surface area contributed by atoms with E-state index in [1.165, 1.54) is 44.5 Å². The Morgan fingerprint density at radius 1 is 0.793 bits per heavy atom. The molecule has 0 fully saturated rings. The Morgan fingerprint density at radius 3 is 1.93 bits per heavy atom. The molecule has 0 aliphatic heterocycles. The second-order valence-electron chi connectivity index (χ2n) is 8.41. The van der Waals surface area contributed by atoms with Gasteiger partial charge in [0.25, 0.3) is 0 Å². The second-order valence-corrected chi connectivity index (χ2v) is 8.41. The summed E-state index contributed by atoms with van der Waals surface area (Å²) in [7, 11) is 0. The van der Waals surface area contributed by atoms with E-state index in [0.717, 1.165) is 6.42 Å². The molecular formula is C28H33N. The third-order valence-corrected chi connectivity index (χ3v) is 6.55. The van der Waals surface area contributed by atoms with Gasteiger partial charge in [-0.3, -0.25) is 4.98 Å². The molecule has 29 heavy (non-hydrogen) atoms. The predicted octanol–water partition coefficient (Wildman–Crippen LogP) is 7.66. The molecule has 1 nitrogen and oxygen atoms in total. The van der Waals surface area contributed by atoms with Gasteiger partial charge >= 0.3 is 0 Å². The average molecular weight is 384 g/mol.